The molecule has 1 saturated carbocycles. The van der Waals surface area contributed by atoms with Crippen LogP contribution in [0.4, 0.5) is 0 Å². The van der Waals surface area contributed by atoms with Crippen LogP contribution in [0, 0.1) is 13.8 Å². The Kier molecular flexibility index (Phi) is 5.19. The molecule has 0 bridgehead atoms. The lowest BCUT2D eigenvalue weighted by Crippen LogP contribution is -2.26. The van der Waals surface area contributed by atoms with Crippen LogP contribution in [0.2, 0.25) is 0 Å². The number of hydrogen-bond donors (Lipinski definition) is 0. The van der Waals surface area contributed by atoms with Crippen molar-refractivity contribution >= 4 is 39.1 Å². The topological polar surface area (TPSA) is 52.0 Å². The van der Waals surface area contributed by atoms with Gasteiger partial charge < -0.3 is 0 Å². The fourth-order valence-corrected chi connectivity index (χ4v) is 5.74. The second-order valence-corrected chi connectivity index (χ2v) is 9.19. The van der Waals surface area contributed by atoms with E-state index in [1.54, 1.807) is 11.3 Å². The van der Waals surface area contributed by atoms with E-state index in [1.165, 1.54) is 11.8 Å². The van der Waals surface area contributed by atoms with E-state index < -0.39 is 0 Å². The standard InChI is InChI=1S/C21H22N2O2S2/c1-13-14(2)27-19-18(13)20(25)23(16-10-6-7-11-16)21(22-19)26-12-17(24)15-8-4-3-5-9-15/h3-5,8-9,16H,6-7,10-12H2,1-2H3. The quantitative estimate of drug-likeness (QED) is 0.338. The average molecular weight is 399 g/mol. The summed E-state index contributed by atoms with van der Waals surface area (Å²) in [4.78, 5) is 32.6. The van der Waals surface area contributed by atoms with E-state index in [0.717, 1.165) is 46.3 Å². The molecule has 1 aliphatic rings. The zero-order valence-electron chi connectivity index (χ0n) is 15.5. The normalized spacial score (nSPS) is 14.9. The molecule has 0 radical (unpaired) electrons. The molecule has 1 aromatic carbocycles. The van der Waals surface area contributed by atoms with Crippen molar-refractivity contribution in [3.8, 4) is 0 Å². The lowest BCUT2D eigenvalue weighted by Gasteiger charge is -2.17. The number of fused-ring (bicyclic) bond motifs is 1. The second-order valence-electron chi connectivity index (χ2n) is 7.05. The molecule has 0 saturated heterocycles. The number of aromatic nitrogens is 2. The summed E-state index contributed by atoms with van der Waals surface area (Å²) >= 11 is 2.96. The van der Waals surface area contributed by atoms with E-state index in [0.29, 0.717) is 10.7 Å². The third kappa shape index (κ3) is 3.48. The Hall–Kier alpha value is -1.92. The van der Waals surface area contributed by atoms with E-state index in [1.807, 2.05) is 48.7 Å². The van der Waals surface area contributed by atoms with E-state index >= 15 is 0 Å². The minimum atomic E-state index is 0.0587. The summed E-state index contributed by atoms with van der Waals surface area (Å²) in [7, 11) is 0. The van der Waals surface area contributed by atoms with Crippen molar-refractivity contribution in [3.63, 3.8) is 0 Å². The van der Waals surface area contributed by atoms with E-state index in [2.05, 4.69) is 0 Å². The molecule has 0 atom stereocenters. The summed E-state index contributed by atoms with van der Waals surface area (Å²) in [6, 6.07) is 9.49. The van der Waals surface area contributed by atoms with Crippen LogP contribution >= 0.6 is 23.1 Å². The van der Waals surface area contributed by atoms with Gasteiger partial charge in [0.2, 0.25) is 0 Å². The number of carbonyl (C=O) groups excluding carboxylic acids is 1. The number of nitrogens with zero attached hydrogens (tertiary/aromatic N) is 2. The predicted molar refractivity (Wildman–Crippen MR) is 112 cm³/mol. The number of benzene rings is 1. The number of thioether (sulfide) groups is 1. The van der Waals surface area contributed by atoms with Crippen LogP contribution in [-0.2, 0) is 0 Å². The molecule has 140 valence electrons. The minimum absolute atomic E-state index is 0.0587. The molecule has 3 aromatic rings. The average Bonchev–Trinajstić information content (AvgIpc) is 3.29. The molecule has 0 unspecified atom stereocenters. The molecular weight excluding hydrogens is 376 g/mol. The number of hydrogen-bond acceptors (Lipinski definition) is 5. The van der Waals surface area contributed by atoms with Gasteiger partial charge in [0.1, 0.15) is 4.83 Å². The monoisotopic (exact) mass is 398 g/mol. The van der Waals surface area contributed by atoms with Crippen LogP contribution in [0.15, 0.2) is 40.3 Å². The Balaban J connectivity index is 1.73. The summed E-state index contributed by atoms with van der Waals surface area (Å²) in [6.45, 7) is 4.04. The summed E-state index contributed by atoms with van der Waals surface area (Å²) in [5.41, 5.74) is 1.79. The maximum absolute atomic E-state index is 13.3. The summed E-state index contributed by atoms with van der Waals surface area (Å²) < 4.78 is 1.87. The zero-order valence-corrected chi connectivity index (χ0v) is 17.2. The van der Waals surface area contributed by atoms with Gasteiger partial charge in [-0.2, -0.15) is 0 Å². The predicted octanol–water partition coefficient (Wildman–Crippen LogP) is 5.16. The maximum atomic E-state index is 13.3. The van der Waals surface area contributed by atoms with Crippen LogP contribution in [0.3, 0.4) is 0 Å². The lowest BCUT2D eigenvalue weighted by molar-refractivity contribution is 0.102. The number of carbonyl (C=O) groups is 1. The molecule has 1 aliphatic carbocycles. The van der Waals surface area contributed by atoms with Gasteiger partial charge in [-0.3, -0.25) is 14.2 Å². The molecule has 27 heavy (non-hydrogen) atoms. The van der Waals surface area contributed by atoms with Crippen LogP contribution < -0.4 is 5.56 Å². The van der Waals surface area contributed by atoms with Gasteiger partial charge in [0, 0.05) is 16.5 Å². The molecule has 0 amide bonds. The van der Waals surface area contributed by atoms with Crippen molar-refractivity contribution in [2.45, 2.75) is 50.7 Å². The summed E-state index contributed by atoms with van der Waals surface area (Å²) in [6.07, 6.45) is 4.30. The highest BCUT2D eigenvalue weighted by Crippen LogP contribution is 2.34. The second kappa shape index (κ2) is 7.60. The molecule has 4 nitrogen and oxygen atoms in total. The fourth-order valence-electron chi connectivity index (χ4n) is 3.71. The highest BCUT2D eigenvalue weighted by Gasteiger charge is 2.25. The van der Waals surface area contributed by atoms with E-state index in [9.17, 15) is 9.59 Å². The Morgan fingerprint density at radius 3 is 2.63 bits per heavy atom. The number of Topliss-reactive ketones (excluding diaryl/α,β-unsaturated/α-hetero) is 1. The number of ketones is 1. The fraction of sp³-hybridized carbons (Fsp3) is 0.381. The van der Waals surface area contributed by atoms with Gasteiger partial charge in [-0.1, -0.05) is 54.9 Å². The Morgan fingerprint density at radius 1 is 1.22 bits per heavy atom. The molecule has 1 fully saturated rings. The highest BCUT2D eigenvalue weighted by molar-refractivity contribution is 7.99. The van der Waals surface area contributed by atoms with Gasteiger partial charge in [0.25, 0.3) is 5.56 Å². The molecule has 2 heterocycles. The molecular formula is C21H22N2O2S2. The minimum Gasteiger partial charge on any atom is -0.293 e. The van der Waals surface area contributed by atoms with Gasteiger partial charge in [-0.05, 0) is 32.3 Å². The van der Waals surface area contributed by atoms with Crippen LogP contribution in [0.5, 0.6) is 0 Å². The first kappa shape index (κ1) is 18.4. The Bertz CT molecular complexity index is 1050. The Labute approximate surface area is 166 Å². The number of thiophene rings is 1. The lowest BCUT2D eigenvalue weighted by atomic mass is 10.2. The third-order valence-electron chi connectivity index (χ3n) is 5.32. The summed E-state index contributed by atoms with van der Waals surface area (Å²) in [5.74, 6) is 0.351. The smallest absolute Gasteiger partial charge is 0.263 e. The van der Waals surface area contributed by atoms with Crippen LogP contribution in [0.1, 0.15) is 52.5 Å². The molecule has 0 spiro atoms. The third-order valence-corrected chi connectivity index (χ3v) is 7.37. The van der Waals surface area contributed by atoms with Crippen molar-refractivity contribution in [3.05, 3.63) is 56.7 Å². The first-order chi connectivity index (χ1) is 13.1. The van der Waals surface area contributed by atoms with Crippen molar-refractivity contribution in [2.24, 2.45) is 0 Å². The van der Waals surface area contributed by atoms with Gasteiger partial charge in [-0.25, -0.2) is 4.98 Å². The SMILES string of the molecule is Cc1sc2nc(SCC(=O)c3ccccc3)n(C3CCCC3)c(=O)c2c1C. The van der Waals surface area contributed by atoms with Gasteiger partial charge in [-0.15, -0.1) is 11.3 Å². The summed E-state index contributed by atoms with van der Waals surface area (Å²) in [5, 5.41) is 1.44. The van der Waals surface area contributed by atoms with Crippen molar-refractivity contribution in [2.75, 3.05) is 5.75 Å². The van der Waals surface area contributed by atoms with Gasteiger partial charge >= 0.3 is 0 Å². The van der Waals surface area contributed by atoms with Crippen molar-refractivity contribution < 1.29 is 4.79 Å². The molecule has 6 heteroatoms. The van der Waals surface area contributed by atoms with Gasteiger partial charge in [0.05, 0.1) is 11.1 Å². The first-order valence-corrected chi connectivity index (χ1v) is 11.1. The van der Waals surface area contributed by atoms with Crippen molar-refractivity contribution in [1.82, 2.24) is 9.55 Å². The first-order valence-electron chi connectivity index (χ1n) is 9.29. The Morgan fingerprint density at radius 2 is 1.93 bits per heavy atom. The van der Waals surface area contributed by atoms with Gasteiger partial charge in [0.15, 0.2) is 10.9 Å². The van der Waals surface area contributed by atoms with Crippen molar-refractivity contribution in [1.29, 1.82) is 0 Å². The number of aryl methyl sites for hydroxylation is 2. The molecule has 2 aromatic heterocycles. The van der Waals surface area contributed by atoms with Crippen LogP contribution in [-0.4, -0.2) is 21.1 Å². The molecule has 0 N–H and O–H groups in total. The highest BCUT2D eigenvalue weighted by atomic mass is 32.2. The molecule has 4 rings (SSSR count). The zero-order chi connectivity index (χ0) is 19.0. The maximum Gasteiger partial charge on any atom is 0.263 e. The molecule has 0 aliphatic heterocycles. The largest absolute Gasteiger partial charge is 0.293 e. The number of rotatable bonds is 5. The van der Waals surface area contributed by atoms with E-state index in [-0.39, 0.29) is 23.1 Å². The van der Waals surface area contributed by atoms with Crippen LogP contribution in [0.25, 0.3) is 10.2 Å². The van der Waals surface area contributed by atoms with E-state index in [4.69, 9.17) is 4.98 Å².